The minimum Gasteiger partial charge on any atom is -0.351 e. The molecule has 1 saturated heterocycles. The zero-order valence-electron chi connectivity index (χ0n) is 23.2. The van der Waals surface area contributed by atoms with E-state index in [0.717, 1.165) is 55.8 Å². The zero-order valence-corrected chi connectivity index (χ0v) is 24.1. The quantitative estimate of drug-likeness (QED) is 0.346. The molecule has 2 aromatic rings. The second-order valence-corrected chi connectivity index (χ2v) is 11.9. The number of thioether (sulfide) groups is 1. The molecule has 0 aromatic heterocycles. The summed E-state index contributed by atoms with van der Waals surface area (Å²) in [6, 6.07) is 16.4. The summed E-state index contributed by atoms with van der Waals surface area (Å²) in [5, 5.41) is 3.50. The Labute approximate surface area is 233 Å². The Morgan fingerprint density at radius 2 is 1.79 bits per heavy atom. The van der Waals surface area contributed by atoms with Crippen LogP contribution in [0.3, 0.4) is 0 Å². The first-order valence-corrected chi connectivity index (χ1v) is 15.2. The lowest BCUT2D eigenvalue weighted by atomic mass is 9.92. The predicted octanol–water partition coefficient (Wildman–Crippen LogP) is 6.27. The van der Waals surface area contributed by atoms with Crippen LogP contribution < -0.4 is 5.32 Å². The second-order valence-electron chi connectivity index (χ2n) is 10.7. The highest BCUT2D eigenvalue weighted by Gasteiger charge is 2.40. The van der Waals surface area contributed by atoms with Crippen molar-refractivity contribution in [3.05, 3.63) is 75.7 Å². The SMILES string of the molecule is CCCN(CCC)CCNC(=O)c1ccc(/C=C2/SC3CCCCC3N(Cc3cccc(C)c3)C2=O)cc1. The molecule has 5 nitrogen and oxygen atoms in total. The van der Waals surface area contributed by atoms with Gasteiger partial charge in [-0.25, -0.2) is 0 Å². The monoisotopic (exact) mass is 533 g/mol. The van der Waals surface area contributed by atoms with Gasteiger partial charge in [0.05, 0.1) is 4.91 Å². The zero-order chi connectivity index (χ0) is 26.9. The smallest absolute Gasteiger partial charge is 0.260 e. The van der Waals surface area contributed by atoms with Gasteiger partial charge in [0.1, 0.15) is 0 Å². The summed E-state index contributed by atoms with van der Waals surface area (Å²) in [4.78, 5) is 31.7. The van der Waals surface area contributed by atoms with E-state index in [1.165, 1.54) is 24.0 Å². The summed E-state index contributed by atoms with van der Waals surface area (Å²) in [6.07, 6.45) is 8.91. The number of nitrogens with one attached hydrogen (secondary N) is 1. The molecular formula is C32H43N3O2S. The van der Waals surface area contributed by atoms with Gasteiger partial charge in [0, 0.05) is 36.5 Å². The van der Waals surface area contributed by atoms with Crippen LogP contribution in [0.4, 0.5) is 0 Å². The molecule has 1 heterocycles. The number of aryl methyl sites for hydroxylation is 1. The van der Waals surface area contributed by atoms with Crippen molar-refractivity contribution in [2.24, 2.45) is 0 Å². The molecule has 1 N–H and O–H groups in total. The van der Waals surface area contributed by atoms with Crippen molar-refractivity contribution in [2.45, 2.75) is 77.1 Å². The number of rotatable bonds is 11. The van der Waals surface area contributed by atoms with Crippen LogP contribution in [-0.2, 0) is 11.3 Å². The maximum absolute atomic E-state index is 13.7. The Morgan fingerprint density at radius 3 is 2.50 bits per heavy atom. The van der Waals surface area contributed by atoms with Gasteiger partial charge in [-0.3, -0.25) is 9.59 Å². The van der Waals surface area contributed by atoms with Crippen LogP contribution >= 0.6 is 11.8 Å². The van der Waals surface area contributed by atoms with Gasteiger partial charge in [-0.15, -0.1) is 11.8 Å². The number of hydrogen-bond donors (Lipinski definition) is 1. The van der Waals surface area contributed by atoms with E-state index in [9.17, 15) is 9.59 Å². The summed E-state index contributed by atoms with van der Waals surface area (Å²) >= 11 is 1.75. The summed E-state index contributed by atoms with van der Waals surface area (Å²) in [5.74, 6) is 0.0832. The van der Waals surface area contributed by atoms with Gasteiger partial charge in [0.25, 0.3) is 11.8 Å². The Morgan fingerprint density at radius 1 is 1.05 bits per heavy atom. The fraction of sp³-hybridized carbons (Fsp3) is 0.500. The fourth-order valence-electron chi connectivity index (χ4n) is 5.65. The number of benzene rings is 2. The van der Waals surface area contributed by atoms with Crippen molar-refractivity contribution in [1.29, 1.82) is 0 Å². The van der Waals surface area contributed by atoms with Crippen LogP contribution in [0.1, 0.15) is 79.4 Å². The van der Waals surface area contributed by atoms with Gasteiger partial charge in [0.15, 0.2) is 0 Å². The molecule has 2 unspecified atom stereocenters. The van der Waals surface area contributed by atoms with Gasteiger partial charge in [0.2, 0.25) is 0 Å². The van der Waals surface area contributed by atoms with Crippen molar-refractivity contribution in [1.82, 2.24) is 15.1 Å². The number of carbonyl (C=O) groups excluding carboxylic acids is 2. The molecule has 204 valence electrons. The van der Waals surface area contributed by atoms with Crippen molar-refractivity contribution in [3.8, 4) is 0 Å². The molecule has 38 heavy (non-hydrogen) atoms. The molecule has 2 aliphatic rings. The highest BCUT2D eigenvalue weighted by atomic mass is 32.2. The molecule has 2 aromatic carbocycles. The first-order chi connectivity index (χ1) is 18.5. The summed E-state index contributed by atoms with van der Waals surface area (Å²) in [5.41, 5.74) is 4.03. The van der Waals surface area contributed by atoms with E-state index in [2.05, 4.69) is 60.2 Å². The normalized spacial score (nSPS) is 20.6. The van der Waals surface area contributed by atoms with Crippen LogP contribution in [0.2, 0.25) is 0 Å². The van der Waals surface area contributed by atoms with Crippen LogP contribution in [-0.4, -0.2) is 59.1 Å². The molecule has 6 heteroatoms. The topological polar surface area (TPSA) is 52.7 Å². The first kappa shape index (κ1) is 28.4. The van der Waals surface area contributed by atoms with E-state index in [1.54, 1.807) is 11.8 Å². The second kappa shape index (κ2) is 14.0. The molecule has 0 bridgehead atoms. The molecule has 1 aliphatic heterocycles. The Balaban J connectivity index is 1.42. The van der Waals surface area contributed by atoms with Crippen molar-refractivity contribution < 1.29 is 9.59 Å². The third kappa shape index (κ3) is 7.51. The molecule has 2 fully saturated rings. The number of amides is 2. The molecule has 1 aliphatic carbocycles. The minimum atomic E-state index is -0.0466. The number of nitrogens with zero attached hydrogens (tertiary/aromatic N) is 2. The summed E-state index contributed by atoms with van der Waals surface area (Å²) in [6.45, 7) is 10.8. The van der Waals surface area contributed by atoms with Gasteiger partial charge in [-0.05, 0) is 75.0 Å². The molecular weight excluding hydrogens is 490 g/mol. The van der Waals surface area contributed by atoms with Crippen molar-refractivity contribution in [2.75, 3.05) is 26.2 Å². The Bertz CT molecular complexity index is 1110. The van der Waals surface area contributed by atoms with Crippen LogP contribution in [0, 0.1) is 6.92 Å². The largest absolute Gasteiger partial charge is 0.351 e. The lowest BCUT2D eigenvalue weighted by molar-refractivity contribution is -0.130. The van der Waals surface area contributed by atoms with Gasteiger partial charge in [-0.2, -0.15) is 0 Å². The first-order valence-electron chi connectivity index (χ1n) is 14.3. The van der Waals surface area contributed by atoms with Gasteiger partial charge in [-0.1, -0.05) is 68.7 Å². The number of fused-ring (bicyclic) bond motifs is 1. The van der Waals surface area contributed by atoms with Crippen molar-refractivity contribution >= 4 is 29.7 Å². The average Bonchev–Trinajstić information content (AvgIpc) is 2.91. The highest BCUT2D eigenvalue weighted by Crippen LogP contribution is 2.42. The summed E-state index contributed by atoms with van der Waals surface area (Å²) in [7, 11) is 0. The lowest BCUT2D eigenvalue weighted by Crippen LogP contribution is -2.50. The number of hydrogen-bond acceptors (Lipinski definition) is 4. The predicted molar refractivity (Wildman–Crippen MR) is 159 cm³/mol. The maximum atomic E-state index is 13.7. The molecule has 1 saturated carbocycles. The van der Waals surface area contributed by atoms with E-state index in [0.29, 0.717) is 29.9 Å². The van der Waals surface area contributed by atoms with E-state index in [1.807, 2.05) is 30.3 Å². The summed E-state index contributed by atoms with van der Waals surface area (Å²) < 4.78 is 0. The van der Waals surface area contributed by atoms with Crippen molar-refractivity contribution in [3.63, 3.8) is 0 Å². The molecule has 4 rings (SSSR count). The standard InChI is InChI=1S/C32H43N3O2S/c1-4-18-34(19-5-2)20-17-33-31(36)27-15-13-25(14-16-27)22-30-32(37)35(23-26-10-8-9-24(3)21-26)28-11-6-7-12-29(28)38-30/h8-10,13-16,21-22,28-29H,4-7,11-12,17-20,23H2,1-3H3,(H,33,36)/b30-22+. The minimum absolute atomic E-state index is 0.0466. The average molecular weight is 534 g/mol. The maximum Gasteiger partial charge on any atom is 0.260 e. The Hall–Kier alpha value is -2.57. The van der Waals surface area contributed by atoms with Crippen LogP contribution in [0.5, 0.6) is 0 Å². The van der Waals surface area contributed by atoms with Crippen LogP contribution in [0.15, 0.2) is 53.4 Å². The van der Waals surface area contributed by atoms with Gasteiger partial charge >= 0.3 is 0 Å². The Kier molecular flexibility index (Phi) is 10.5. The van der Waals surface area contributed by atoms with E-state index in [4.69, 9.17) is 0 Å². The molecule has 0 spiro atoms. The lowest BCUT2D eigenvalue weighted by Gasteiger charge is -2.44. The molecule has 0 radical (unpaired) electrons. The van der Waals surface area contributed by atoms with Crippen LogP contribution in [0.25, 0.3) is 6.08 Å². The third-order valence-electron chi connectivity index (χ3n) is 7.52. The fourth-order valence-corrected chi connectivity index (χ4v) is 7.12. The molecule has 2 atom stereocenters. The van der Waals surface area contributed by atoms with E-state index < -0.39 is 0 Å². The highest BCUT2D eigenvalue weighted by molar-refractivity contribution is 8.04. The van der Waals surface area contributed by atoms with Gasteiger partial charge < -0.3 is 15.1 Å². The van der Waals surface area contributed by atoms with E-state index >= 15 is 0 Å². The van der Waals surface area contributed by atoms with E-state index in [-0.39, 0.29) is 11.8 Å². The number of carbonyl (C=O) groups is 2. The third-order valence-corrected chi connectivity index (χ3v) is 8.92. The molecule has 2 amide bonds.